The molecule has 3 nitrogen and oxygen atoms in total. The van der Waals surface area contributed by atoms with E-state index < -0.39 is 0 Å². The summed E-state index contributed by atoms with van der Waals surface area (Å²) >= 11 is 0. The van der Waals surface area contributed by atoms with Crippen molar-refractivity contribution in [2.75, 3.05) is 28.2 Å². The number of nitrogens with zero attached hydrogens (tertiary/aromatic N) is 3. The van der Waals surface area contributed by atoms with Crippen LogP contribution in [0.3, 0.4) is 0 Å². The Morgan fingerprint density at radius 2 is 1.74 bits per heavy atom. The first-order chi connectivity index (χ1) is 8.50. The van der Waals surface area contributed by atoms with E-state index in [-0.39, 0.29) is 41.8 Å². The molecule has 0 amide bonds. The fourth-order valence-electron chi connectivity index (χ4n) is 2.21. The van der Waals surface area contributed by atoms with Gasteiger partial charge in [-0.3, -0.25) is 0 Å². The van der Waals surface area contributed by atoms with Crippen molar-refractivity contribution >= 4 is 29.9 Å². The van der Waals surface area contributed by atoms with Crippen molar-refractivity contribution in [3.05, 3.63) is 35.6 Å². The zero-order valence-corrected chi connectivity index (χ0v) is 14.1. The van der Waals surface area contributed by atoms with Gasteiger partial charge in [0.25, 0.3) is 0 Å². The van der Waals surface area contributed by atoms with Crippen LogP contribution in [0.5, 0.6) is 0 Å². The van der Waals surface area contributed by atoms with Crippen LogP contribution in [0, 0.1) is 5.82 Å². The average molecular weight is 377 g/mol. The molecule has 2 rings (SSSR count). The molecule has 1 fully saturated rings. The summed E-state index contributed by atoms with van der Waals surface area (Å²) in [6.45, 7) is 0. The molecular weight excluding hydrogens is 356 g/mol. The third-order valence-electron chi connectivity index (χ3n) is 3.14. The molecule has 2 unspecified atom stereocenters. The smallest absolute Gasteiger partial charge is 0.195 e. The van der Waals surface area contributed by atoms with Crippen molar-refractivity contribution in [2.24, 2.45) is 4.99 Å². The molecule has 0 N–H and O–H groups in total. The number of hydrogen-bond acceptors (Lipinski definition) is 1. The Labute approximate surface area is 131 Å². The lowest BCUT2D eigenvalue weighted by atomic mass is 10.1. The number of hydrogen-bond donors (Lipinski definition) is 0. The zero-order valence-electron chi connectivity index (χ0n) is 11.8. The van der Waals surface area contributed by atoms with Crippen molar-refractivity contribution in [3.8, 4) is 0 Å². The molecule has 0 radical (unpaired) electrons. The van der Waals surface area contributed by atoms with Crippen LogP contribution in [0.1, 0.15) is 17.9 Å². The van der Waals surface area contributed by atoms with Gasteiger partial charge in [0.2, 0.25) is 0 Å². The van der Waals surface area contributed by atoms with Crippen molar-refractivity contribution < 1.29 is 4.39 Å². The van der Waals surface area contributed by atoms with Gasteiger partial charge in [0.1, 0.15) is 5.82 Å². The predicted octanol–water partition coefficient (Wildman–Crippen LogP) is 2.78. The van der Waals surface area contributed by atoms with Crippen LogP contribution in [0.2, 0.25) is 0 Å². The molecule has 2 atom stereocenters. The molecule has 1 aliphatic rings. The first-order valence-corrected chi connectivity index (χ1v) is 6.17. The van der Waals surface area contributed by atoms with Gasteiger partial charge in [0.05, 0.1) is 6.04 Å². The Morgan fingerprint density at radius 1 is 1.16 bits per heavy atom. The summed E-state index contributed by atoms with van der Waals surface area (Å²) in [5.41, 5.74) is 0.795. The molecule has 0 aromatic heterocycles. The second-order valence-electron chi connectivity index (χ2n) is 5.15. The van der Waals surface area contributed by atoms with Crippen LogP contribution < -0.4 is 0 Å². The fraction of sp³-hybridized carbons (Fsp3) is 0.500. The maximum atomic E-state index is 13.6. The van der Waals surface area contributed by atoms with Crippen molar-refractivity contribution in [2.45, 2.75) is 18.4 Å². The van der Waals surface area contributed by atoms with Gasteiger partial charge in [-0.2, -0.15) is 0 Å². The number of halogens is 2. The molecule has 1 aromatic carbocycles. The van der Waals surface area contributed by atoms with Crippen LogP contribution in [0.4, 0.5) is 4.39 Å². The minimum atomic E-state index is -0.114. The predicted molar refractivity (Wildman–Crippen MR) is 87.8 cm³/mol. The minimum absolute atomic E-state index is 0. The average Bonchev–Trinajstić information content (AvgIpc) is 3.05. The maximum absolute atomic E-state index is 13.6. The minimum Gasteiger partial charge on any atom is -0.349 e. The van der Waals surface area contributed by atoms with Gasteiger partial charge in [-0.05, 0) is 18.1 Å². The van der Waals surface area contributed by atoms with Crippen LogP contribution in [-0.4, -0.2) is 50.0 Å². The Kier molecular flexibility index (Phi) is 5.58. The van der Waals surface area contributed by atoms with Crippen molar-refractivity contribution in [1.29, 1.82) is 0 Å². The number of guanidine groups is 1. The highest BCUT2D eigenvalue weighted by Crippen LogP contribution is 2.44. The van der Waals surface area contributed by atoms with E-state index in [0.717, 1.165) is 17.9 Å². The Hall–Kier alpha value is -0.850. The second-order valence-corrected chi connectivity index (χ2v) is 5.15. The van der Waals surface area contributed by atoms with E-state index in [4.69, 9.17) is 0 Å². The van der Waals surface area contributed by atoms with Crippen molar-refractivity contribution in [3.63, 3.8) is 0 Å². The van der Waals surface area contributed by atoms with E-state index in [2.05, 4.69) is 4.99 Å². The maximum Gasteiger partial charge on any atom is 0.195 e. The monoisotopic (exact) mass is 377 g/mol. The molecule has 0 spiro atoms. The number of rotatable bonds is 2. The highest BCUT2D eigenvalue weighted by molar-refractivity contribution is 14.0. The largest absolute Gasteiger partial charge is 0.349 e. The van der Waals surface area contributed by atoms with Crippen LogP contribution in [0.25, 0.3) is 0 Å². The van der Waals surface area contributed by atoms with Crippen LogP contribution >= 0.6 is 24.0 Å². The topological polar surface area (TPSA) is 18.8 Å². The summed E-state index contributed by atoms with van der Waals surface area (Å²) < 4.78 is 13.6. The molecular formula is C14H21FIN3. The molecule has 1 aromatic rings. The number of benzene rings is 1. The quantitative estimate of drug-likeness (QED) is 0.449. The first-order valence-electron chi connectivity index (χ1n) is 6.17. The van der Waals surface area contributed by atoms with E-state index in [1.165, 1.54) is 6.07 Å². The Bertz CT molecular complexity index is 450. The molecule has 5 heteroatoms. The van der Waals surface area contributed by atoms with Gasteiger partial charge < -0.3 is 9.80 Å². The standard InChI is InChI=1S/C14H20FN3.HI/c1-17(2)14(18(3)4)16-13-9-11(13)10-7-5-6-8-12(10)15;/h5-8,11,13H,9H2,1-4H3;1H. The third kappa shape index (κ3) is 3.81. The Balaban J connectivity index is 0.00000180. The highest BCUT2D eigenvalue weighted by atomic mass is 127. The van der Waals surface area contributed by atoms with E-state index in [0.29, 0.717) is 0 Å². The highest BCUT2D eigenvalue weighted by Gasteiger charge is 2.40. The molecule has 1 saturated carbocycles. The van der Waals surface area contributed by atoms with Gasteiger partial charge in [0, 0.05) is 34.1 Å². The molecule has 0 saturated heterocycles. The molecule has 106 valence electrons. The van der Waals surface area contributed by atoms with E-state index in [1.807, 2.05) is 50.1 Å². The van der Waals surface area contributed by atoms with E-state index in [9.17, 15) is 4.39 Å². The van der Waals surface area contributed by atoms with Gasteiger partial charge in [-0.15, -0.1) is 24.0 Å². The van der Waals surface area contributed by atoms with Crippen LogP contribution in [-0.2, 0) is 0 Å². The van der Waals surface area contributed by atoms with Gasteiger partial charge in [-0.1, -0.05) is 18.2 Å². The summed E-state index contributed by atoms with van der Waals surface area (Å²) in [5, 5.41) is 0. The van der Waals surface area contributed by atoms with E-state index >= 15 is 0 Å². The van der Waals surface area contributed by atoms with E-state index in [1.54, 1.807) is 6.07 Å². The summed E-state index contributed by atoms with van der Waals surface area (Å²) in [4.78, 5) is 8.65. The van der Waals surface area contributed by atoms with Gasteiger partial charge in [-0.25, -0.2) is 9.38 Å². The first kappa shape index (κ1) is 16.2. The van der Waals surface area contributed by atoms with Crippen molar-refractivity contribution in [1.82, 2.24) is 9.80 Å². The SMILES string of the molecule is CN(C)C(=NC1CC1c1ccccc1F)N(C)C.I. The molecule has 1 aliphatic carbocycles. The lowest BCUT2D eigenvalue weighted by Crippen LogP contribution is -2.35. The molecule has 19 heavy (non-hydrogen) atoms. The normalized spacial score (nSPS) is 20.3. The van der Waals surface area contributed by atoms with Crippen LogP contribution in [0.15, 0.2) is 29.3 Å². The molecule has 0 heterocycles. The van der Waals surface area contributed by atoms with Gasteiger partial charge >= 0.3 is 0 Å². The molecule has 0 aliphatic heterocycles. The number of aliphatic imine (C=N–C) groups is 1. The third-order valence-corrected chi connectivity index (χ3v) is 3.14. The lowest BCUT2D eigenvalue weighted by Gasteiger charge is -2.22. The second kappa shape index (κ2) is 6.54. The Morgan fingerprint density at radius 3 is 2.26 bits per heavy atom. The summed E-state index contributed by atoms with van der Waals surface area (Å²) in [6.07, 6.45) is 0.937. The summed E-state index contributed by atoms with van der Waals surface area (Å²) in [5.74, 6) is 1.05. The lowest BCUT2D eigenvalue weighted by molar-refractivity contribution is 0.478. The molecule has 0 bridgehead atoms. The summed E-state index contributed by atoms with van der Waals surface area (Å²) in [7, 11) is 7.89. The zero-order chi connectivity index (χ0) is 13.3. The van der Waals surface area contributed by atoms with Gasteiger partial charge in [0.15, 0.2) is 5.96 Å². The summed E-state index contributed by atoms with van der Waals surface area (Å²) in [6, 6.07) is 7.20. The fourth-order valence-corrected chi connectivity index (χ4v) is 2.21.